The predicted molar refractivity (Wildman–Crippen MR) is 117 cm³/mol. The van der Waals surface area contributed by atoms with Gasteiger partial charge in [-0.1, -0.05) is 13.8 Å². The summed E-state index contributed by atoms with van der Waals surface area (Å²) in [6.07, 6.45) is 0.556. The molecule has 2 aromatic carbocycles. The van der Waals surface area contributed by atoms with Crippen LogP contribution in [0.4, 0.5) is 5.69 Å². The standard InChI is InChI=1S/C24H28N2O5/c1-16(2)13-20(25-24(28)18-5-8-21-22(14-18)31-15-30-21)23(27)17-3-6-19(7-4-17)26-9-11-29-12-10-26/h3-8,14,16,20H,9-13,15H2,1-2H3,(H,25,28)/t20-/m0/s1. The molecule has 2 aromatic rings. The summed E-state index contributed by atoms with van der Waals surface area (Å²) in [6.45, 7) is 7.33. The minimum atomic E-state index is -0.604. The van der Waals surface area contributed by atoms with Crippen LogP contribution in [0.1, 0.15) is 41.0 Å². The van der Waals surface area contributed by atoms with Gasteiger partial charge in [-0.2, -0.15) is 0 Å². The van der Waals surface area contributed by atoms with Crippen molar-refractivity contribution in [3.8, 4) is 11.5 Å². The second-order valence-electron chi connectivity index (χ2n) is 8.23. The summed E-state index contributed by atoms with van der Waals surface area (Å²) in [6, 6.07) is 12.0. The van der Waals surface area contributed by atoms with Crippen LogP contribution in [0.15, 0.2) is 42.5 Å². The van der Waals surface area contributed by atoms with Crippen LogP contribution in [-0.4, -0.2) is 50.8 Å². The molecule has 1 fully saturated rings. The summed E-state index contributed by atoms with van der Waals surface area (Å²) < 4.78 is 16.1. The van der Waals surface area contributed by atoms with Crippen LogP contribution >= 0.6 is 0 Å². The lowest BCUT2D eigenvalue weighted by Gasteiger charge is -2.29. The minimum Gasteiger partial charge on any atom is -0.454 e. The van der Waals surface area contributed by atoms with Gasteiger partial charge in [-0.05, 0) is 54.8 Å². The maximum absolute atomic E-state index is 13.2. The van der Waals surface area contributed by atoms with E-state index < -0.39 is 6.04 Å². The van der Waals surface area contributed by atoms with Gasteiger partial charge in [0.25, 0.3) is 5.91 Å². The normalized spacial score (nSPS) is 16.3. The highest BCUT2D eigenvalue weighted by Crippen LogP contribution is 2.32. The van der Waals surface area contributed by atoms with Gasteiger partial charge in [-0.25, -0.2) is 0 Å². The van der Waals surface area contributed by atoms with Crippen LogP contribution in [0.25, 0.3) is 0 Å². The number of carbonyl (C=O) groups excluding carboxylic acids is 2. The number of ketones is 1. The van der Waals surface area contributed by atoms with Crippen LogP contribution in [0, 0.1) is 5.92 Å². The number of anilines is 1. The van der Waals surface area contributed by atoms with Gasteiger partial charge in [0.05, 0.1) is 19.3 Å². The van der Waals surface area contributed by atoms with Crippen LogP contribution in [0.5, 0.6) is 11.5 Å². The van der Waals surface area contributed by atoms with Crippen LogP contribution < -0.4 is 19.7 Å². The number of rotatable bonds is 7. The van der Waals surface area contributed by atoms with E-state index >= 15 is 0 Å². The fourth-order valence-electron chi connectivity index (χ4n) is 3.84. The molecule has 1 N–H and O–H groups in total. The van der Waals surface area contributed by atoms with Crippen molar-refractivity contribution < 1.29 is 23.8 Å². The minimum absolute atomic E-state index is 0.0867. The molecule has 1 atom stereocenters. The molecule has 0 bridgehead atoms. The summed E-state index contributed by atoms with van der Waals surface area (Å²) in [7, 11) is 0. The van der Waals surface area contributed by atoms with Crippen molar-refractivity contribution >= 4 is 17.4 Å². The lowest BCUT2D eigenvalue weighted by atomic mass is 9.95. The van der Waals surface area contributed by atoms with E-state index in [2.05, 4.69) is 10.2 Å². The van der Waals surface area contributed by atoms with E-state index in [1.54, 1.807) is 18.2 Å². The first-order chi connectivity index (χ1) is 15.0. The van der Waals surface area contributed by atoms with E-state index in [1.165, 1.54) is 0 Å². The lowest BCUT2D eigenvalue weighted by molar-refractivity contribution is 0.0845. The average Bonchev–Trinajstić information content (AvgIpc) is 3.26. The topological polar surface area (TPSA) is 77.1 Å². The first-order valence-electron chi connectivity index (χ1n) is 10.7. The van der Waals surface area contributed by atoms with Crippen molar-refractivity contribution in [2.45, 2.75) is 26.3 Å². The Balaban J connectivity index is 1.47. The van der Waals surface area contributed by atoms with Crippen molar-refractivity contribution in [3.63, 3.8) is 0 Å². The molecule has 2 aliphatic heterocycles. The van der Waals surface area contributed by atoms with Gasteiger partial charge in [0.2, 0.25) is 6.79 Å². The van der Waals surface area contributed by atoms with Crippen molar-refractivity contribution in [2.75, 3.05) is 38.0 Å². The number of hydrogen-bond acceptors (Lipinski definition) is 6. The molecule has 1 amide bonds. The SMILES string of the molecule is CC(C)C[C@H](NC(=O)c1ccc2c(c1)OCO2)C(=O)c1ccc(N2CCOCC2)cc1. The summed E-state index contributed by atoms with van der Waals surface area (Å²) in [5, 5.41) is 2.92. The molecular weight excluding hydrogens is 396 g/mol. The fourth-order valence-corrected chi connectivity index (χ4v) is 3.84. The third kappa shape index (κ3) is 4.99. The molecule has 164 valence electrons. The molecule has 0 radical (unpaired) electrons. The molecule has 0 aromatic heterocycles. The zero-order chi connectivity index (χ0) is 21.8. The molecule has 0 spiro atoms. The second kappa shape index (κ2) is 9.39. The van der Waals surface area contributed by atoms with E-state index in [0.717, 1.165) is 18.8 Å². The number of hydrogen-bond donors (Lipinski definition) is 1. The highest BCUT2D eigenvalue weighted by Gasteiger charge is 2.25. The van der Waals surface area contributed by atoms with Gasteiger partial charge in [0, 0.05) is 29.9 Å². The Labute approximate surface area is 182 Å². The Hall–Kier alpha value is -3.06. The Bertz CT molecular complexity index is 935. The summed E-state index contributed by atoms with van der Waals surface area (Å²) in [5.41, 5.74) is 2.10. The maximum Gasteiger partial charge on any atom is 0.252 e. The number of amides is 1. The molecule has 7 heteroatoms. The summed E-state index contributed by atoms with van der Waals surface area (Å²) >= 11 is 0. The zero-order valence-electron chi connectivity index (χ0n) is 17.9. The Morgan fingerprint density at radius 1 is 0.968 bits per heavy atom. The molecule has 4 rings (SSSR count). The number of benzene rings is 2. The number of nitrogens with one attached hydrogen (secondary N) is 1. The molecule has 0 aliphatic carbocycles. The molecular formula is C24H28N2O5. The van der Waals surface area contributed by atoms with E-state index in [1.807, 2.05) is 38.1 Å². The number of Topliss-reactive ketones (excluding diaryl/α,β-unsaturated/α-hetero) is 1. The Morgan fingerprint density at radius 2 is 1.65 bits per heavy atom. The number of nitrogens with zero attached hydrogens (tertiary/aromatic N) is 1. The van der Waals surface area contributed by atoms with Crippen molar-refractivity contribution in [2.24, 2.45) is 5.92 Å². The first kappa shape index (κ1) is 21.2. The smallest absolute Gasteiger partial charge is 0.252 e. The largest absolute Gasteiger partial charge is 0.454 e. The number of morpholine rings is 1. The summed E-state index contributed by atoms with van der Waals surface area (Å²) in [4.78, 5) is 28.3. The highest BCUT2D eigenvalue weighted by molar-refractivity contribution is 6.04. The quantitative estimate of drug-likeness (QED) is 0.688. The maximum atomic E-state index is 13.2. The van der Waals surface area contributed by atoms with E-state index in [0.29, 0.717) is 42.3 Å². The average molecular weight is 424 g/mol. The first-order valence-corrected chi connectivity index (χ1v) is 10.7. The monoisotopic (exact) mass is 424 g/mol. The molecule has 2 aliphatic rings. The van der Waals surface area contributed by atoms with Gasteiger partial charge in [0.15, 0.2) is 17.3 Å². The summed E-state index contributed by atoms with van der Waals surface area (Å²) in [5.74, 6) is 1.02. The molecule has 2 heterocycles. The molecule has 7 nitrogen and oxygen atoms in total. The van der Waals surface area contributed by atoms with Gasteiger partial charge in [-0.3, -0.25) is 9.59 Å². The van der Waals surface area contributed by atoms with Crippen molar-refractivity contribution in [1.82, 2.24) is 5.32 Å². The predicted octanol–water partition coefficient (Wildman–Crippen LogP) is 3.28. The van der Waals surface area contributed by atoms with Crippen LogP contribution in [0.2, 0.25) is 0 Å². The van der Waals surface area contributed by atoms with Gasteiger partial charge >= 0.3 is 0 Å². The third-order valence-corrected chi connectivity index (χ3v) is 5.49. The van der Waals surface area contributed by atoms with Gasteiger partial charge in [0.1, 0.15) is 0 Å². The molecule has 0 unspecified atom stereocenters. The van der Waals surface area contributed by atoms with E-state index in [9.17, 15) is 9.59 Å². The van der Waals surface area contributed by atoms with Crippen molar-refractivity contribution in [3.05, 3.63) is 53.6 Å². The van der Waals surface area contributed by atoms with Gasteiger partial charge in [-0.15, -0.1) is 0 Å². The molecule has 31 heavy (non-hydrogen) atoms. The van der Waals surface area contributed by atoms with E-state index in [4.69, 9.17) is 14.2 Å². The fraction of sp³-hybridized carbons (Fsp3) is 0.417. The Morgan fingerprint density at radius 3 is 2.35 bits per heavy atom. The van der Waals surface area contributed by atoms with Crippen molar-refractivity contribution in [1.29, 1.82) is 0 Å². The third-order valence-electron chi connectivity index (χ3n) is 5.49. The lowest BCUT2D eigenvalue weighted by Crippen LogP contribution is -2.41. The zero-order valence-corrected chi connectivity index (χ0v) is 17.9. The second-order valence-corrected chi connectivity index (χ2v) is 8.23. The highest BCUT2D eigenvalue weighted by atomic mass is 16.7. The van der Waals surface area contributed by atoms with E-state index in [-0.39, 0.29) is 24.4 Å². The molecule has 1 saturated heterocycles. The van der Waals surface area contributed by atoms with Crippen LogP contribution in [-0.2, 0) is 4.74 Å². The Kier molecular flexibility index (Phi) is 6.42. The number of carbonyl (C=O) groups is 2. The molecule has 0 saturated carbocycles. The van der Waals surface area contributed by atoms with Gasteiger partial charge < -0.3 is 24.4 Å². The number of ether oxygens (including phenoxy) is 3. The number of fused-ring (bicyclic) bond motifs is 1. The van der Waals surface area contributed by atoms with Crippen LogP contribution in [0.3, 0.4) is 0 Å².